The van der Waals surface area contributed by atoms with Crippen LogP contribution in [0.4, 0.5) is 0 Å². The number of morpholine rings is 1. The average molecular weight is 330 g/mol. The molecule has 6 heteroatoms. The Hall–Kier alpha value is -1.07. The van der Waals surface area contributed by atoms with E-state index >= 15 is 0 Å². The Labute approximate surface area is 133 Å². The molecule has 2 rings (SSSR count). The summed E-state index contributed by atoms with van der Waals surface area (Å²) in [6, 6.07) is 5.18. The van der Waals surface area contributed by atoms with E-state index in [1.54, 1.807) is 29.2 Å². The van der Waals surface area contributed by atoms with Gasteiger partial charge < -0.3 is 14.7 Å². The number of nitrogens with zero attached hydrogens (tertiary/aromatic N) is 1. The first-order valence-electron chi connectivity index (χ1n) is 6.68. The van der Waals surface area contributed by atoms with Gasteiger partial charge in [0.05, 0.1) is 28.9 Å². The summed E-state index contributed by atoms with van der Waals surface area (Å²) in [5.74, 6) is -0.116. The van der Waals surface area contributed by atoms with Gasteiger partial charge in [0.25, 0.3) is 0 Å². The molecule has 114 valence electrons. The zero-order chi connectivity index (χ0) is 15.4. The molecule has 1 aromatic carbocycles. The third-order valence-corrected chi connectivity index (χ3v) is 3.94. The van der Waals surface area contributed by atoms with Crippen LogP contribution in [0.15, 0.2) is 24.3 Å². The summed E-state index contributed by atoms with van der Waals surface area (Å²) in [6.07, 6.45) is 2.78. The number of benzene rings is 1. The number of aliphatic hydroxyl groups is 1. The normalized spacial score (nSPS) is 22.8. The van der Waals surface area contributed by atoms with Crippen LogP contribution in [-0.4, -0.2) is 47.8 Å². The number of carbonyl (C=O) groups is 1. The van der Waals surface area contributed by atoms with E-state index in [1.165, 1.54) is 6.08 Å². The van der Waals surface area contributed by atoms with Crippen molar-refractivity contribution in [1.29, 1.82) is 0 Å². The summed E-state index contributed by atoms with van der Waals surface area (Å²) < 4.78 is 5.51. The maximum absolute atomic E-state index is 12.2. The molecule has 0 spiro atoms. The Bertz CT molecular complexity index is 548. The first kappa shape index (κ1) is 16.3. The fourth-order valence-corrected chi connectivity index (χ4v) is 2.52. The average Bonchev–Trinajstić information content (AvgIpc) is 2.47. The molecule has 0 saturated carbocycles. The highest BCUT2D eigenvalue weighted by Gasteiger charge is 2.26. The van der Waals surface area contributed by atoms with Crippen molar-refractivity contribution in [1.82, 2.24) is 4.90 Å². The predicted octanol–water partition coefficient (Wildman–Crippen LogP) is 2.61. The van der Waals surface area contributed by atoms with E-state index in [9.17, 15) is 4.79 Å². The van der Waals surface area contributed by atoms with E-state index < -0.39 is 0 Å². The minimum atomic E-state index is -0.323. The molecule has 1 heterocycles. The number of hydrogen-bond acceptors (Lipinski definition) is 3. The summed E-state index contributed by atoms with van der Waals surface area (Å²) in [5.41, 5.74) is 0.803. The second-order valence-corrected chi connectivity index (χ2v) is 5.82. The molecule has 1 amide bonds. The van der Waals surface area contributed by atoms with E-state index in [1.807, 2.05) is 6.92 Å². The van der Waals surface area contributed by atoms with Crippen LogP contribution in [0.3, 0.4) is 0 Å². The van der Waals surface area contributed by atoms with Gasteiger partial charge in [-0.3, -0.25) is 4.79 Å². The van der Waals surface area contributed by atoms with Crippen LogP contribution in [0.1, 0.15) is 12.5 Å². The molecule has 0 aromatic heterocycles. The van der Waals surface area contributed by atoms with Gasteiger partial charge >= 0.3 is 0 Å². The summed E-state index contributed by atoms with van der Waals surface area (Å²) in [7, 11) is 0. The number of aliphatic hydroxyl groups excluding tert-OH is 1. The number of halogens is 2. The van der Waals surface area contributed by atoms with Gasteiger partial charge in [-0.25, -0.2) is 0 Å². The first-order valence-corrected chi connectivity index (χ1v) is 7.43. The van der Waals surface area contributed by atoms with Crippen LogP contribution in [0.25, 0.3) is 6.08 Å². The lowest BCUT2D eigenvalue weighted by atomic mass is 10.2. The van der Waals surface area contributed by atoms with Gasteiger partial charge in [-0.15, -0.1) is 0 Å². The molecule has 2 atom stereocenters. The maximum Gasteiger partial charge on any atom is 0.246 e. The standard InChI is InChI=1S/C15H17Cl2NO3/c1-10-7-18(8-12(9-19)21-10)15(20)5-3-11-2-4-13(16)14(17)6-11/h2-6,10,12,19H,7-9H2,1H3/b5-3+. The topological polar surface area (TPSA) is 49.8 Å². The quantitative estimate of drug-likeness (QED) is 0.867. The number of hydrogen-bond donors (Lipinski definition) is 1. The molecule has 1 aliphatic heterocycles. The number of rotatable bonds is 3. The Morgan fingerprint density at radius 3 is 2.86 bits per heavy atom. The van der Waals surface area contributed by atoms with Crippen molar-refractivity contribution in [3.8, 4) is 0 Å². The van der Waals surface area contributed by atoms with Gasteiger partial charge in [0.1, 0.15) is 0 Å². The summed E-state index contributed by atoms with van der Waals surface area (Å²) in [5, 5.41) is 10.1. The molecule has 2 unspecified atom stereocenters. The highest BCUT2D eigenvalue weighted by Crippen LogP contribution is 2.23. The molecule has 1 saturated heterocycles. The second-order valence-electron chi connectivity index (χ2n) is 5.00. The third kappa shape index (κ3) is 4.45. The third-order valence-electron chi connectivity index (χ3n) is 3.20. The van der Waals surface area contributed by atoms with E-state index in [0.29, 0.717) is 23.1 Å². The largest absolute Gasteiger partial charge is 0.394 e. The van der Waals surface area contributed by atoms with Crippen molar-refractivity contribution in [3.05, 3.63) is 39.9 Å². The molecule has 1 aliphatic rings. The Balaban J connectivity index is 2.02. The molecule has 0 aliphatic carbocycles. The number of amides is 1. The van der Waals surface area contributed by atoms with E-state index in [-0.39, 0.29) is 24.7 Å². The van der Waals surface area contributed by atoms with Crippen molar-refractivity contribution in [2.45, 2.75) is 19.1 Å². The van der Waals surface area contributed by atoms with E-state index in [2.05, 4.69) is 0 Å². The molecule has 0 bridgehead atoms. The van der Waals surface area contributed by atoms with Crippen molar-refractivity contribution in [3.63, 3.8) is 0 Å². The monoisotopic (exact) mass is 329 g/mol. The molecule has 0 radical (unpaired) electrons. The van der Waals surface area contributed by atoms with Crippen molar-refractivity contribution in [2.24, 2.45) is 0 Å². The fraction of sp³-hybridized carbons (Fsp3) is 0.400. The van der Waals surface area contributed by atoms with Crippen molar-refractivity contribution < 1.29 is 14.6 Å². The zero-order valence-corrected chi connectivity index (χ0v) is 13.1. The molecular weight excluding hydrogens is 313 g/mol. The van der Waals surface area contributed by atoms with Crippen LogP contribution in [-0.2, 0) is 9.53 Å². The molecule has 1 N–H and O–H groups in total. The SMILES string of the molecule is CC1CN(C(=O)/C=C/c2ccc(Cl)c(Cl)c2)CC(CO)O1. The highest BCUT2D eigenvalue weighted by molar-refractivity contribution is 6.42. The lowest BCUT2D eigenvalue weighted by Gasteiger charge is -2.35. The highest BCUT2D eigenvalue weighted by atomic mass is 35.5. The predicted molar refractivity (Wildman–Crippen MR) is 83.5 cm³/mol. The van der Waals surface area contributed by atoms with Gasteiger partial charge in [0.2, 0.25) is 5.91 Å². The smallest absolute Gasteiger partial charge is 0.246 e. The Kier molecular flexibility index (Phi) is 5.65. The molecular formula is C15H17Cl2NO3. The summed E-state index contributed by atoms with van der Waals surface area (Å²) >= 11 is 11.8. The van der Waals surface area contributed by atoms with Gasteiger partial charge in [-0.1, -0.05) is 29.3 Å². The zero-order valence-electron chi connectivity index (χ0n) is 11.6. The van der Waals surface area contributed by atoms with Crippen LogP contribution in [0, 0.1) is 0 Å². The van der Waals surface area contributed by atoms with E-state index in [0.717, 1.165) is 5.56 Å². The van der Waals surface area contributed by atoms with Crippen LogP contribution < -0.4 is 0 Å². The van der Waals surface area contributed by atoms with Crippen LogP contribution in [0.2, 0.25) is 10.0 Å². The van der Waals surface area contributed by atoms with Gasteiger partial charge in [0, 0.05) is 19.2 Å². The van der Waals surface area contributed by atoms with Crippen molar-refractivity contribution >= 4 is 35.2 Å². The summed E-state index contributed by atoms with van der Waals surface area (Å²) in [6.45, 7) is 2.70. The molecule has 21 heavy (non-hydrogen) atoms. The van der Waals surface area contributed by atoms with Gasteiger partial charge in [-0.2, -0.15) is 0 Å². The minimum Gasteiger partial charge on any atom is -0.394 e. The summed E-state index contributed by atoms with van der Waals surface area (Å²) in [4.78, 5) is 13.8. The number of carbonyl (C=O) groups excluding carboxylic acids is 1. The van der Waals surface area contributed by atoms with E-state index in [4.69, 9.17) is 33.0 Å². The first-order chi connectivity index (χ1) is 9.99. The molecule has 1 aromatic rings. The minimum absolute atomic E-state index is 0.0850. The lowest BCUT2D eigenvalue weighted by Crippen LogP contribution is -2.49. The Morgan fingerprint density at radius 2 is 2.19 bits per heavy atom. The number of ether oxygens (including phenoxy) is 1. The van der Waals surface area contributed by atoms with Gasteiger partial charge in [-0.05, 0) is 30.7 Å². The molecule has 4 nitrogen and oxygen atoms in total. The van der Waals surface area contributed by atoms with Crippen LogP contribution >= 0.6 is 23.2 Å². The maximum atomic E-state index is 12.2. The van der Waals surface area contributed by atoms with Gasteiger partial charge in [0.15, 0.2) is 0 Å². The van der Waals surface area contributed by atoms with Crippen LogP contribution in [0.5, 0.6) is 0 Å². The second kappa shape index (κ2) is 7.27. The fourth-order valence-electron chi connectivity index (χ4n) is 2.21. The Morgan fingerprint density at radius 1 is 1.43 bits per heavy atom. The lowest BCUT2D eigenvalue weighted by molar-refractivity contribution is -0.142. The molecule has 1 fully saturated rings. The van der Waals surface area contributed by atoms with Crippen molar-refractivity contribution in [2.75, 3.05) is 19.7 Å².